The number of aliphatic imine (C=N–C) groups is 1. The summed E-state index contributed by atoms with van der Waals surface area (Å²) in [7, 11) is 0. The van der Waals surface area contributed by atoms with Crippen LogP contribution in [-0.4, -0.2) is 21.7 Å². The quantitative estimate of drug-likeness (QED) is 0.736. The molecule has 2 heterocycles. The highest BCUT2D eigenvalue weighted by atomic mass is 35.5. The van der Waals surface area contributed by atoms with E-state index in [9.17, 15) is 9.90 Å². The Morgan fingerprint density at radius 3 is 2.56 bits per heavy atom. The normalized spacial score (nSPS) is 12.6. The van der Waals surface area contributed by atoms with E-state index in [0.29, 0.717) is 44.2 Å². The van der Waals surface area contributed by atoms with Crippen molar-refractivity contribution in [1.82, 2.24) is 4.98 Å². The minimum atomic E-state index is -0.436. The monoisotopic (exact) mass is 347 g/mol. The molecule has 3 aromatic rings. The second-order valence-electron chi connectivity index (χ2n) is 5.56. The zero-order chi connectivity index (χ0) is 17.6. The van der Waals surface area contributed by atoms with Gasteiger partial charge in [0.25, 0.3) is 5.91 Å². The molecule has 120 valence electrons. The second kappa shape index (κ2) is 5.62. The molecule has 2 aromatic carbocycles. The van der Waals surface area contributed by atoms with E-state index in [2.05, 4.69) is 16.0 Å². The van der Waals surface area contributed by atoms with Crippen molar-refractivity contribution in [3.05, 3.63) is 75.8 Å². The summed E-state index contributed by atoms with van der Waals surface area (Å²) in [5.41, 5.74) is 3.29. The average Bonchev–Trinajstić information content (AvgIpc) is 3.15. The zero-order valence-corrected chi connectivity index (χ0v) is 13.5. The fraction of sp³-hybridized carbons (Fsp3) is 0. The van der Waals surface area contributed by atoms with Gasteiger partial charge in [0.15, 0.2) is 5.88 Å². The fourth-order valence-electron chi connectivity index (χ4n) is 2.92. The van der Waals surface area contributed by atoms with Gasteiger partial charge in [-0.15, -0.1) is 0 Å². The molecule has 4 rings (SSSR count). The van der Waals surface area contributed by atoms with Crippen LogP contribution in [0.25, 0.3) is 11.3 Å². The highest BCUT2D eigenvalue weighted by molar-refractivity contribution is 6.32. The summed E-state index contributed by atoms with van der Waals surface area (Å²) in [4.78, 5) is 19.4. The van der Waals surface area contributed by atoms with Crippen LogP contribution >= 0.6 is 11.6 Å². The number of benzene rings is 2. The van der Waals surface area contributed by atoms with Crippen molar-refractivity contribution in [2.45, 2.75) is 0 Å². The van der Waals surface area contributed by atoms with Crippen molar-refractivity contribution >= 4 is 23.2 Å². The van der Waals surface area contributed by atoms with Gasteiger partial charge >= 0.3 is 0 Å². The zero-order valence-electron chi connectivity index (χ0n) is 12.7. The van der Waals surface area contributed by atoms with Crippen LogP contribution in [0.1, 0.15) is 27.0 Å². The molecule has 1 amide bonds. The molecular formula is C19H10ClN3O2. The number of aromatic amines is 1. The number of aromatic nitrogens is 1. The molecule has 1 aromatic heterocycles. The number of aromatic hydroxyl groups is 1. The summed E-state index contributed by atoms with van der Waals surface area (Å²) < 4.78 is 0. The lowest BCUT2D eigenvalue weighted by atomic mass is 9.99. The SMILES string of the molecule is N#Cc1cccc(-c2[nH]c(O)c3c2C(=O)N=C3c2ccc(Cl)cc2)c1. The summed E-state index contributed by atoms with van der Waals surface area (Å²) in [6.07, 6.45) is 0. The van der Waals surface area contributed by atoms with Crippen LogP contribution in [0.15, 0.2) is 53.5 Å². The van der Waals surface area contributed by atoms with Crippen molar-refractivity contribution in [1.29, 1.82) is 5.26 Å². The number of rotatable bonds is 2. The average molecular weight is 348 g/mol. The number of H-pyrrole nitrogens is 1. The van der Waals surface area contributed by atoms with E-state index in [1.54, 1.807) is 48.5 Å². The maximum absolute atomic E-state index is 12.5. The minimum Gasteiger partial charge on any atom is -0.494 e. The molecule has 0 saturated carbocycles. The minimum absolute atomic E-state index is 0.132. The van der Waals surface area contributed by atoms with Crippen molar-refractivity contribution < 1.29 is 9.90 Å². The fourth-order valence-corrected chi connectivity index (χ4v) is 3.05. The number of hydrogen-bond donors (Lipinski definition) is 2. The van der Waals surface area contributed by atoms with Crippen LogP contribution < -0.4 is 0 Å². The lowest BCUT2D eigenvalue weighted by Crippen LogP contribution is -1.99. The number of carbonyl (C=O) groups excluding carboxylic acids is 1. The number of nitrogens with zero attached hydrogens (tertiary/aromatic N) is 2. The van der Waals surface area contributed by atoms with E-state index in [4.69, 9.17) is 16.9 Å². The molecular weight excluding hydrogens is 338 g/mol. The third-order valence-electron chi connectivity index (χ3n) is 4.04. The van der Waals surface area contributed by atoms with E-state index >= 15 is 0 Å². The molecule has 0 radical (unpaired) electrons. The third kappa shape index (κ3) is 2.40. The lowest BCUT2D eigenvalue weighted by molar-refractivity contribution is 0.101. The summed E-state index contributed by atoms with van der Waals surface area (Å²) in [6.45, 7) is 0. The van der Waals surface area contributed by atoms with Crippen molar-refractivity contribution in [3.63, 3.8) is 0 Å². The predicted molar refractivity (Wildman–Crippen MR) is 94.0 cm³/mol. The Kier molecular flexibility index (Phi) is 3.41. The van der Waals surface area contributed by atoms with E-state index in [1.165, 1.54) is 0 Å². The smallest absolute Gasteiger partial charge is 0.280 e. The first-order valence-electron chi connectivity index (χ1n) is 7.43. The van der Waals surface area contributed by atoms with Gasteiger partial charge in [-0.2, -0.15) is 5.26 Å². The maximum Gasteiger partial charge on any atom is 0.280 e. The van der Waals surface area contributed by atoms with E-state index in [-0.39, 0.29) is 5.88 Å². The Labute approximate surface area is 147 Å². The van der Waals surface area contributed by atoms with E-state index < -0.39 is 5.91 Å². The van der Waals surface area contributed by atoms with Gasteiger partial charge < -0.3 is 10.1 Å². The molecule has 0 unspecified atom stereocenters. The molecule has 1 aliphatic rings. The summed E-state index contributed by atoms with van der Waals surface area (Å²) in [5, 5.41) is 20.0. The van der Waals surface area contributed by atoms with Crippen LogP contribution in [0.3, 0.4) is 0 Å². The standard InChI is InChI=1S/C19H10ClN3O2/c20-13-6-4-11(5-7-13)16-14-15(19(25)22-16)17(23-18(14)24)12-3-1-2-10(8-12)9-21/h1-8,23-24H. The van der Waals surface area contributed by atoms with Gasteiger partial charge in [-0.25, -0.2) is 4.99 Å². The van der Waals surface area contributed by atoms with Gasteiger partial charge in [-0.05, 0) is 24.3 Å². The molecule has 5 nitrogen and oxygen atoms in total. The predicted octanol–water partition coefficient (Wildman–Crippen LogP) is 3.90. The number of halogens is 1. The first-order valence-corrected chi connectivity index (χ1v) is 7.81. The van der Waals surface area contributed by atoms with Gasteiger partial charge in [-0.3, -0.25) is 4.79 Å². The van der Waals surface area contributed by atoms with E-state index in [1.807, 2.05) is 0 Å². The number of nitriles is 1. The van der Waals surface area contributed by atoms with E-state index in [0.717, 1.165) is 0 Å². The molecule has 25 heavy (non-hydrogen) atoms. The molecule has 2 N–H and O–H groups in total. The van der Waals surface area contributed by atoms with Crippen molar-refractivity contribution in [2.24, 2.45) is 4.99 Å². The number of hydrogen-bond acceptors (Lipinski definition) is 3. The first kappa shape index (κ1) is 15.2. The topological polar surface area (TPSA) is 89.2 Å². The molecule has 0 atom stereocenters. The van der Waals surface area contributed by atoms with Crippen LogP contribution in [0.4, 0.5) is 0 Å². The largest absolute Gasteiger partial charge is 0.494 e. The van der Waals surface area contributed by atoms with Gasteiger partial charge in [0.2, 0.25) is 0 Å². The Hall–Kier alpha value is -3.36. The van der Waals surface area contributed by atoms with Gasteiger partial charge in [-0.1, -0.05) is 35.9 Å². The molecule has 0 spiro atoms. The molecule has 0 fully saturated rings. The van der Waals surface area contributed by atoms with Crippen LogP contribution in [0.5, 0.6) is 5.88 Å². The Morgan fingerprint density at radius 2 is 1.84 bits per heavy atom. The van der Waals surface area contributed by atoms with Crippen LogP contribution in [-0.2, 0) is 0 Å². The summed E-state index contributed by atoms with van der Waals surface area (Å²) >= 11 is 5.90. The number of nitrogens with one attached hydrogen (secondary N) is 1. The highest BCUT2D eigenvalue weighted by Gasteiger charge is 2.33. The molecule has 0 bridgehead atoms. The van der Waals surface area contributed by atoms with Crippen molar-refractivity contribution in [3.8, 4) is 23.2 Å². The van der Waals surface area contributed by atoms with Crippen LogP contribution in [0, 0.1) is 11.3 Å². The van der Waals surface area contributed by atoms with Gasteiger partial charge in [0.05, 0.1) is 34.2 Å². The maximum atomic E-state index is 12.5. The second-order valence-corrected chi connectivity index (χ2v) is 6.00. The Balaban J connectivity index is 1.88. The number of amides is 1. The highest BCUT2D eigenvalue weighted by Crippen LogP contribution is 2.38. The first-order chi connectivity index (χ1) is 12.1. The van der Waals surface area contributed by atoms with Crippen molar-refractivity contribution in [2.75, 3.05) is 0 Å². The summed E-state index contributed by atoms with van der Waals surface area (Å²) in [6, 6.07) is 15.7. The lowest BCUT2D eigenvalue weighted by Gasteiger charge is -2.01. The molecule has 0 aliphatic carbocycles. The van der Waals surface area contributed by atoms with Crippen LogP contribution in [0.2, 0.25) is 5.02 Å². The van der Waals surface area contributed by atoms with Gasteiger partial charge in [0.1, 0.15) is 0 Å². The number of carbonyl (C=O) groups is 1. The summed E-state index contributed by atoms with van der Waals surface area (Å²) in [5.74, 6) is -0.569. The third-order valence-corrected chi connectivity index (χ3v) is 4.29. The molecule has 0 saturated heterocycles. The van der Waals surface area contributed by atoms with Gasteiger partial charge in [0, 0.05) is 16.1 Å². The number of fused-ring (bicyclic) bond motifs is 1. The Morgan fingerprint density at radius 1 is 1.08 bits per heavy atom. The molecule has 6 heteroatoms. The molecule has 1 aliphatic heterocycles. The Bertz CT molecular complexity index is 1090.